The van der Waals surface area contributed by atoms with Crippen molar-refractivity contribution in [2.45, 2.75) is 39.0 Å². The number of rotatable bonds is 9. The lowest BCUT2D eigenvalue weighted by molar-refractivity contribution is -0.161. The van der Waals surface area contributed by atoms with Crippen molar-refractivity contribution >= 4 is 63.1 Å². The number of thiocarbonyl (C=S) groups is 1. The summed E-state index contributed by atoms with van der Waals surface area (Å²) in [5.74, 6) is -1.15. The minimum Gasteiger partial charge on any atom is -0.417 e. The maximum atomic E-state index is 15.1. The molecule has 10 heteroatoms. The van der Waals surface area contributed by atoms with Crippen LogP contribution in [0.3, 0.4) is 0 Å². The first-order chi connectivity index (χ1) is 23.8. The van der Waals surface area contributed by atoms with E-state index in [1.54, 1.807) is 29.2 Å². The molecule has 2 unspecified atom stereocenters. The number of amides is 1. The summed E-state index contributed by atoms with van der Waals surface area (Å²) in [5, 5.41) is 2.55. The quantitative estimate of drug-likeness (QED) is 0.0675. The molecular weight excluding hydrogens is 653 g/mol. The minimum atomic E-state index is -3.17. The molecule has 1 fully saturated rings. The molecule has 0 bridgehead atoms. The van der Waals surface area contributed by atoms with Crippen LogP contribution in [0, 0.1) is 13.8 Å². The highest BCUT2D eigenvalue weighted by Crippen LogP contribution is 2.49. The first-order valence-electron chi connectivity index (χ1n) is 15.9. The number of carbonyl (C=O) groups excluding carboxylic acids is 3. The highest BCUT2D eigenvalue weighted by atomic mass is 32.1. The van der Waals surface area contributed by atoms with E-state index in [2.05, 4.69) is 9.97 Å². The molecule has 3 heterocycles. The first-order valence-corrected chi connectivity index (χ1v) is 18.1. The van der Waals surface area contributed by atoms with Gasteiger partial charge in [0.05, 0.1) is 16.5 Å². The molecule has 7 rings (SSSR count). The van der Waals surface area contributed by atoms with Crippen LogP contribution in [0.5, 0.6) is 0 Å². The molecule has 1 amide bonds. The third kappa shape index (κ3) is 5.90. The van der Waals surface area contributed by atoms with Crippen LogP contribution in [-0.4, -0.2) is 49.0 Å². The molecule has 2 aliphatic rings. The monoisotopic (exact) mass is 685 g/mol. The average Bonchev–Trinajstić information content (AvgIpc) is 3.43. The van der Waals surface area contributed by atoms with E-state index in [1.807, 2.05) is 111 Å². The van der Waals surface area contributed by atoms with Crippen molar-refractivity contribution in [2.75, 3.05) is 0 Å². The molecule has 0 radical (unpaired) electrons. The van der Waals surface area contributed by atoms with Crippen molar-refractivity contribution in [3.63, 3.8) is 0 Å². The summed E-state index contributed by atoms with van der Waals surface area (Å²) in [6.07, 6.45) is -0.850. The van der Waals surface area contributed by atoms with Gasteiger partial charge in [0.2, 0.25) is 5.91 Å². The maximum Gasteiger partial charge on any atom is 0.359 e. The predicted octanol–water partition coefficient (Wildman–Crippen LogP) is 5.34. The zero-order valence-electron chi connectivity index (χ0n) is 26.9. The van der Waals surface area contributed by atoms with E-state index in [0.717, 1.165) is 27.3 Å². The van der Waals surface area contributed by atoms with Crippen molar-refractivity contribution in [1.82, 2.24) is 14.9 Å². The molecule has 1 aromatic heterocycles. The largest absolute Gasteiger partial charge is 0.417 e. The molecule has 0 spiro atoms. The van der Waals surface area contributed by atoms with Crippen LogP contribution in [0.2, 0.25) is 0 Å². The Hall–Kier alpha value is -5.24. The Balaban J connectivity index is 1.47. The number of fused-ring (bicyclic) bond motifs is 1. The molecule has 4 aromatic carbocycles. The number of β-lactam (4-membered cyclic amide) rings is 1. The van der Waals surface area contributed by atoms with Gasteiger partial charge in [0, 0.05) is 36.7 Å². The van der Waals surface area contributed by atoms with Gasteiger partial charge < -0.3 is 14.4 Å². The number of hydrogen-bond acceptors (Lipinski definition) is 8. The van der Waals surface area contributed by atoms with Crippen LogP contribution in [-0.2, 0) is 19.1 Å². The van der Waals surface area contributed by atoms with Gasteiger partial charge in [-0.2, -0.15) is 0 Å². The number of esters is 2. The number of aromatic nitrogens is 2. The van der Waals surface area contributed by atoms with Crippen LogP contribution < -0.4 is 15.9 Å². The molecule has 2 atom stereocenters. The topological polar surface area (TPSA) is 98.7 Å². The second-order valence-corrected chi connectivity index (χ2v) is 15.8. The lowest BCUT2D eigenvalue weighted by atomic mass is 9.96. The van der Waals surface area contributed by atoms with E-state index in [0.29, 0.717) is 21.8 Å². The number of benzene rings is 4. The number of cyclic esters (lactones) is 1. The Morgan fingerprint density at radius 1 is 0.816 bits per heavy atom. The summed E-state index contributed by atoms with van der Waals surface area (Å²) in [5.41, 5.74) is 2.53. The number of likely N-dealkylation sites (tertiary alicyclic amines) is 1. The SMILES string of the molecule is Cc1cc(C)nc(C(=S)CC2CC(=O)N2C(C(=O)OC2OC(=O)c3ccccc32)=P(c2ccccc2)(c2ccccc2)c2ccccc2)n1. The maximum absolute atomic E-state index is 15.1. The molecule has 1 saturated heterocycles. The molecular formula is C39H32N3O5PS. The lowest BCUT2D eigenvalue weighted by Gasteiger charge is -2.45. The van der Waals surface area contributed by atoms with Crippen molar-refractivity contribution in [1.29, 1.82) is 0 Å². The fourth-order valence-corrected chi connectivity index (χ4v) is 11.3. The van der Waals surface area contributed by atoms with E-state index in [4.69, 9.17) is 21.7 Å². The predicted molar refractivity (Wildman–Crippen MR) is 194 cm³/mol. The zero-order chi connectivity index (χ0) is 34.1. The highest BCUT2D eigenvalue weighted by Gasteiger charge is 2.48. The summed E-state index contributed by atoms with van der Waals surface area (Å²) in [6.45, 7) is 0.595. The summed E-state index contributed by atoms with van der Waals surface area (Å²) in [6, 6.07) is 37.4. The minimum absolute atomic E-state index is 0.168. The number of nitrogens with zero attached hydrogens (tertiary/aromatic N) is 3. The third-order valence-electron chi connectivity index (χ3n) is 8.72. The van der Waals surface area contributed by atoms with Gasteiger partial charge in [-0.1, -0.05) is 121 Å². The van der Waals surface area contributed by atoms with E-state index < -0.39 is 31.2 Å². The molecule has 0 N–H and O–H groups in total. The molecule has 0 aliphatic carbocycles. The third-order valence-corrected chi connectivity index (χ3v) is 13.3. The van der Waals surface area contributed by atoms with Crippen molar-refractivity contribution < 1.29 is 23.9 Å². The lowest BCUT2D eigenvalue weighted by Crippen LogP contribution is -2.60. The van der Waals surface area contributed by atoms with Crippen LogP contribution >= 0.6 is 19.1 Å². The molecule has 5 aromatic rings. The molecule has 8 nitrogen and oxygen atoms in total. The Labute approximate surface area is 289 Å². The Morgan fingerprint density at radius 3 is 1.86 bits per heavy atom. The Morgan fingerprint density at radius 2 is 1.33 bits per heavy atom. The fraction of sp³-hybridized carbons (Fsp3) is 0.154. The molecule has 244 valence electrons. The van der Waals surface area contributed by atoms with Crippen molar-refractivity contribution in [2.24, 2.45) is 0 Å². The summed E-state index contributed by atoms with van der Waals surface area (Å²) < 4.78 is 11.8. The van der Waals surface area contributed by atoms with E-state index >= 15 is 4.79 Å². The Kier molecular flexibility index (Phi) is 8.80. The summed E-state index contributed by atoms with van der Waals surface area (Å²) in [7, 11) is 0. The second kappa shape index (κ2) is 13.3. The molecule has 0 saturated carbocycles. The van der Waals surface area contributed by atoms with Gasteiger partial charge in [-0.05, 0) is 41.9 Å². The second-order valence-electron chi connectivity index (χ2n) is 12.0. The molecule has 2 aliphatic heterocycles. The number of carbonyl (C=O) groups is 3. The fourth-order valence-electron chi connectivity index (χ4n) is 6.61. The summed E-state index contributed by atoms with van der Waals surface area (Å²) in [4.78, 5) is 53.1. The van der Waals surface area contributed by atoms with Crippen molar-refractivity contribution in [3.05, 3.63) is 150 Å². The van der Waals surface area contributed by atoms with Gasteiger partial charge in [-0.15, -0.1) is 0 Å². The van der Waals surface area contributed by atoms with E-state index in [9.17, 15) is 9.59 Å². The van der Waals surface area contributed by atoms with Crippen LogP contribution in [0.4, 0.5) is 0 Å². The number of ether oxygens (including phenoxy) is 2. The standard InChI is InChI=1S/C39H32N3O5PS/c1-25-22-26(2)41-35(40-25)33(49)23-27-24-34(43)42(27)36(38(45)47-39-32-21-13-12-20-31(32)37(44)46-39)48(28-14-6-3-7-15-28,29-16-8-4-9-17-29)30-18-10-5-11-19-30/h3-22,27,39H,23-24H2,1-2H3. The first kappa shape index (κ1) is 32.3. The van der Waals surface area contributed by atoms with Gasteiger partial charge in [-0.25, -0.2) is 19.6 Å². The van der Waals surface area contributed by atoms with Crippen LogP contribution in [0.25, 0.3) is 0 Å². The smallest absolute Gasteiger partial charge is 0.359 e. The van der Waals surface area contributed by atoms with Crippen LogP contribution in [0.15, 0.2) is 121 Å². The van der Waals surface area contributed by atoms with Gasteiger partial charge in [0.25, 0.3) is 6.29 Å². The molecule has 49 heavy (non-hydrogen) atoms. The van der Waals surface area contributed by atoms with Crippen LogP contribution in [0.1, 0.15) is 52.3 Å². The van der Waals surface area contributed by atoms with E-state index in [-0.39, 0.29) is 24.2 Å². The summed E-state index contributed by atoms with van der Waals surface area (Å²) >= 11 is 5.87. The van der Waals surface area contributed by atoms with Gasteiger partial charge in [0.1, 0.15) is 5.42 Å². The average molecular weight is 686 g/mol. The van der Waals surface area contributed by atoms with E-state index in [1.165, 1.54) is 0 Å². The normalized spacial score (nSPS) is 16.7. The van der Waals surface area contributed by atoms with Gasteiger partial charge in [-0.3, -0.25) is 4.79 Å². The van der Waals surface area contributed by atoms with Crippen molar-refractivity contribution in [3.8, 4) is 0 Å². The highest BCUT2D eigenvalue weighted by molar-refractivity contribution is 7.96. The Bertz CT molecular complexity index is 2030. The number of aryl methyl sites for hydroxylation is 2. The zero-order valence-corrected chi connectivity index (χ0v) is 28.6. The number of hydrogen-bond donors (Lipinski definition) is 0. The van der Waals surface area contributed by atoms with Gasteiger partial charge in [0.15, 0.2) is 5.82 Å². The van der Waals surface area contributed by atoms with Gasteiger partial charge >= 0.3 is 11.9 Å².